The van der Waals surface area contributed by atoms with Gasteiger partial charge < -0.3 is 20.9 Å². The molecule has 2 unspecified atom stereocenters. The van der Waals surface area contributed by atoms with Gasteiger partial charge in [0.25, 0.3) is 0 Å². The Bertz CT molecular complexity index is 148. The number of hydrogen-bond acceptors (Lipinski definition) is 5. The maximum absolute atomic E-state index is 10.9. The fourth-order valence-electron chi connectivity index (χ4n) is 0.613. The van der Waals surface area contributed by atoms with Crippen LogP contribution in [0.1, 0.15) is 20.3 Å². The van der Waals surface area contributed by atoms with Crippen LogP contribution in [-0.2, 0) is 9.47 Å². The molecule has 2 atom stereocenters. The number of hydrogen-bond donors (Lipinski definition) is 2. The van der Waals surface area contributed by atoms with Gasteiger partial charge in [-0.3, -0.25) is 0 Å². The molecule has 0 rings (SSSR count). The van der Waals surface area contributed by atoms with Gasteiger partial charge in [0.05, 0.1) is 12.6 Å². The van der Waals surface area contributed by atoms with Gasteiger partial charge in [-0.15, -0.1) is 0 Å². The van der Waals surface area contributed by atoms with Crippen LogP contribution in [0.2, 0.25) is 0 Å². The molecule has 0 aromatic heterocycles. The lowest BCUT2D eigenvalue weighted by atomic mass is 10.1. The average Bonchev–Trinajstić information content (AvgIpc) is 2.22. The lowest BCUT2D eigenvalue weighted by molar-refractivity contribution is 0.0425. The van der Waals surface area contributed by atoms with Crippen molar-refractivity contribution in [3.8, 4) is 0 Å². The Morgan fingerprint density at radius 3 is 2.43 bits per heavy atom. The van der Waals surface area contributed by atoms with Gasteiger partial charge in [-0.2, -0.15) is 0 Å². The summed E-state index contributed by atoms with van der Waals surface area (Å²) in [4.78, 5) is 10.9. The predicted molar refractivity (Wildman–Crippen MR) is 53.8 cm³/mol. The molecule has 0 saturated heterocycles. The van der Waals surface area contributed by atoms with Crippen LogP contribution in [0.3, 0.4) is 0 Å². The van der Waals surface area contributed by atoms with Gasteiger partial charge in [0, 0.05) is 6.54 Å². The van der Waals surface area contributed by atoms with Gasteiger partial charge in [-0.25, -0.2) is 4.79 Å². The minimum atomic E-state index is -0.672. The normalized spacial score (nSPS) is 14.6. The summed E-state index contributed by atoms with van der Waals surface area (Å²) < 4.78 is 9.56. The molecular weight excluding hydrogens is 184 g/mol. The summed E-state index contributed by atoms with van der Waals surface area (Å²) in [5.41, 5.74) is 10.7. The topological polar surface area (TPSA) is 87.6 Å². The first-order valence-electron chi connectivity index (χ1n) is 4.85. The van der Waals surface area contributed by atoms with Crippen LogP contribution in [0.25, 0.3) is 0 Å². The van der Waals surface area contributed by atoms with Crippen molar-refractivity contribution in [3.63, 3.8) is 0 Å². The van der Waals surface area contributed by atoms with Gasteiger partial charge in [0.15, 0.2) is 0 Å². The number of ether oxygens (including phenoxy) is 2. The third-order valence-electron chi connectivity index (χ3n) is 1.90. The van der Waals surface area contributed by atoms with E-state index in [0.29, 0.717) is 19.1 Å². The van der Waals surface area contributed by atoms with Gasteiger partial charge in [0.2, 0.25) is 0 Å². The Morgan fingerprint density at radius 2 is 1.93 bits per heavy atom. The van der Waals surface area contributed by atoms with Crippen molar-refractivity contribution >= 4 is 6.16 Å². The highest BCUT2D eigenvalue weighted by Crippen LogP contribution is 2.01. The summed E-state index contributed by atoms with van der Waals surface area (Å²) in [5, 5.41) is 0. The molecule has 0 bridgehead atoms. The molecule has 4 N–H and O–H groups in total. The van der Waals surface area contributed by atoms with Gasteiger partial charge in [-0.05, 0) is 5.92 Å². The van der Waals surface area contributed by atoms with Crippen molar-refractivity contribution in [3.05, 3.63) is 0 Å². The van der Waals surface area contributed by atoms with Crippen LogP contribution >= 0.6 is 0 Å². The smallest absolute Gasteiger partial charge is 0.434 e. The van der Waals surface area contributed by atoms with E-state index in [1.54, 1.807) is 0 Å². The zero-order valence-electron chi connectivity index (χ0n) is 8.86. The SMILES string of the molecule is CCC(C)COC(=O)OCC(N)CN. The molecule has 0 saturated carbocycles. The minimum absolute atomic E-state index is 0.107. The molecule has 0 aliphatic rings. The van der Waals surface area contributed by atoms with E-state index in [9.17, 15) is 4.79 Å². The molecule has 0 aliphatic heterocycles. The monoisotopic (exact) mass is 204 g/mol. The quantitative estimate of drug-likeness (QED) is 0.614. The Kier molecular flexibility index (Phi) is 7.14. The average molecular weight is 204 g/mol. The lowest BCUT2D eigenvalue weighted by Gasteiger charge is -2.11. The molecule has 14 heavy (non-hydrogen) atoms. The highest BCUT2D eigenvalue weighted by atomic mass is 16.7. The fraction of sp³-hybridized carbons (Fsp3) is 0.889. The van der Waals surface area contributed by atoms with Gasteiger partial charge >= 0.3 is 6.16 Å². The minimum Gasteiger partial charge on any atom is -0.434 e. The van der Waals surface area contributed by atoms with E-state index in [1.807, 2.05) is 13.8 Å². The number of nitrogens with two attached hydrogens (primary N) is 2. The Morgan fingerprint density at radius 1 is 1.36 bits per heavy atom. The summed E-state index contributed by atoms with van der Waals surface area (Å²) in [6, 6.07) is -0.314. The van der Waals surface area contributed by atoms with Crippen LogP contribution in [0.15, 0.2) is 0 Å². The van der Waals surface area contributed by atoms with Crippen molar-refractivity contribution in [2.75, 3.05) is 19.8 Å². The standard InChI is InChI=1S/C9H20N2O3/c1-3-7(2)5-13-9(12)14-6-8(11)4-10/h7-8H,3-6,10-11H2,1-2H3. The third-order valence-corrected chi connectivity index (χ3v) is 1.90. The molecule has 0 aliphatic carbocycles. The van der Waals surface area contributed by atoms with E-state index in [2.05, 4.69) is 0 Å². The fourth-order valence-corrected chi connectivity index (χ4v) is 0.613. The molecule has 0 aromatic carbocycles. The number of carbonyl (C=O) groups excluding carboxylic acids is 1. The predicted octanol–water partition coefficient (Wildman–Crippen LogP) is 0.472. The largest absolute Gasteiger partial charge is 0.508 e. The molecule has 0 fully saturated rings. The summed E-state index contributed by atoms with van der Waals surface area (Å²) in [5.74, 6) is 0.353. The third kappa shape index (κ3) is 6.68. The van der Waals surface area contributed by atoms with Crippen molar-refractivity contribution in [1.82, 2.24) is 0 Å². The number of rotatable bonds is 6. The lowest BCUT2D eigenvalue weighted by Crippen LogP contribution is -2.35. The van der Waals surface area contributed by atoms with Crippen LogP contribution in [0.5, 0.6) is 0 Å². The first-order chi connectivity index (χ1) is 6.60. The van der Waals surface area contributed by atoms with E-state index < -0.39 is 6.16 Å². The van der Waals surface area contributed by atoms with Gasteiger partial charge in [-0.1, -0.05) is 20.3 Å². The Balaban J connectivity index is 3.46. The van der Waals surface area contributed by atoms with Crippen molar-refractivity contribution in [1.29, 1.82) is 0 Å². The molecular formula is C9H20N2O3. The Hall–Kier alpha value is -0.810. The second-order valence-corrected chi connectivity index (χ2v) is 3.38. The van der Waals surface area contributed by atoms with E-state index in [1.165, 1.54) is 0 Å². The zero-order valence-corrected chi connectivity index (χ0v) is 8.86. The Labute approximate surface area is 84.7 Å². The first kappa shape index (κ1) is 13.2. The first-order valence-corrected chi connectivity index (χ1v) is 4.85. The summed E-state index contributed by atoms with van der Waals surface area (Å²) in [6.07, 6.45) is 0.296. The van der Waals surface area contributed by atoms with E-state index in [0.717, 1.165) is 6.42 Å². The highest BCUT2D eigenvalue weighted by Gasteiger charge is 2.08. The van der Waals surface area contributed by atoms with Crippen molar-refractivity contribution < 1.29 is 14.3 Å². The van der Waals surface area contributed by atoms with Crippen LogP contribution in [-0.4, -0.2) is 32.0 Å². The maximum atomic E-state index is 10.9. The molecule has 0 spiro atoms. The van der Waals surface area contributed by atoms with E-state index in [-0.39, 0.29) is 12.6 Å². The zero-order chi connectivity index (χ0) is 11.0. The molecule has 5 heteroatoms. The van der Waals surface area contributed by atoms with E-state index in [4.69, 9.17) is 20.9 Å². The van der Waals surface area contributed by atoms with Crippen LogP contribution < -0.4 is 11.5 Å². The summed E-state index contributed by atoms with van der Waals surface area (Å²) >= 11 is 0. The van der Waals surface area contributed by atoms with Gasteiger partial charge in [0.1, 0.15) is 6.61 Å². The van der Waals surface area contributed by atoms with Crippen molar-refractivity contribution in [2.24, 2.45) is 17.4 Å². The molecule has 84 valence electrons. The maximum Gasteiger partial charge on any atom is 0.508 e. The second kappa shape index (κ2) is 7.58. The molecule has 0 radical (unpaired) electrons. The molecule has 0 heterocycles. The van der Waals surface area contributed by atoms with E-state index >= 15 is 0 Å². The molecule has 0 aromatic rings. The summed E-state index contributed by atoms with van der Waals surface area (Å²) in [7, 11) is 0. The molecule has 5 nitrogen and oxygen atoms in total. The number of carbonyl (C=O) groups is 1. The molecule has 0 amide bonds. The summed E-state index contributed by atoms with van der Waals surface area (Å²) in [6.45, 7) is 4.81. The second-order valence-electron chi connectivity index (χ2n) is 3.38. The highest BCUT2D eigenvalue weighted by molar-refractivity contribution is 5.59. The van der Waals surface area contributed by atoms with Crippen molar-refractivity contribution in [2.45, 2.75) is 26.3 Å². The van der Waals surface area contributed by atoms with Crippen LogP contribution in [0.4, 0.5) is 4.79 Å². The van der Waals surface area contributed by atoms with Crippen LogP contribution in [0, 0.1) is 5.92 Å².